The standard InChI is InChI=1S/C18H21ClN2O3/c1-10-11(19)6-5-7-12(10)20-15(23)18-9-8-17(4,16(18,2)3)13(21-24)14(18)22/h5-7,24H,8-9H2,1-4H3,(H,20,23)/b21-13+. The van der Waals surface area contributed by atoms with Crippen molar-refractivity contribution in [1.29, 1.82) is 0 Å². The zero-order valence-electron chi connectivity index (χ0n) is 14.2. The summed E-state index contributed by atoms with van der Waals surface area (Å²) in [6.07, 6.45) is 1.08. The van der Waals surface area contributed by atoms with Crippen LogP contribution in [-0.4, -0.2) is 22.6 Å². The molecule has 2 aliphatic carbocycles. The van der Waals surface area contributed by atoms with Crippen LogP contribution in [0.3, 0.4) is 0 Å². The van der Waals surface area contributed by atoms with Gasteiger partial charge in [-0.15, -0.1) is 0 Å². The SMILES string of the molecule is Cc1c(Cl)cccc1NC(=O)C12CCC(C)(/C(=N/O)C1=O)C2(C)C. The summed E-state index contributed by atoms with van der Waals surface area (Å²) in [5.41, 5.74) is -1.03. The lowest BCUT2D eigenvalue weighted by molar-refractivity contribution is -0.140. The lowest BCUT2D eigenvalue weighted by Crippen LogP contribution is -2.47. The van der Waals surface area contributed by atoms with Crippen molar-refractivity contribution in [3.8, 4) is 0 Å². The van der Waals surface area contributed by atoms with Gasteiger partial charge in [0.05, 0.1) is 0 Å². The lowest BCUT2D eigenvalue weighted by atomic mass is 9.64. The van der Waals surface area contributed by atoms with Gasteiger partial charge in [0.1, 0.15) is 11.1 Å². The number of Topliss-reactive ketones (excluding diaryl/α,β-unsaturated/α-hetero) is 1. The Kier molecular flexibility index (Phi) is 3.57. The molecule has 2 N–H and O–H groups in total. The van der Waals surface area contributed by atoms with Gasteiger partial charge in [-0.3, -0.25) is 9.59 Å². The number of halogens is 1. The van der Waals surface area contributed by atoms with Gasteiger partial charge in [-0.2, -0.15) is 0 Å². The molecule has 5 nitrogen and oxygen atoms in total. The first-order valence-corrected chi connectivity index (χ1v) is 8.35. The minimum absolute atomic E-state index is 0.108. The summed E-state index contributed by atoms with van der Waals surface area (Å²) in [5.74, 6) is -0.730. The van der Waals surface area contributed by atoms with Crippen molar-refractivity contribution in [2.45, 2.75) is 40.5 Å². The van der Waals surface area contributed by atoms with Crippen molar-refractivity contribution < 1.29 is 14.8 Å². The summed E-state index contributed by atoms with van der Waals surface area (Å²) >= 11 is 6.12. The molecule has 1 aromatic rings. The van der Waals surface area contributed by atoms with E-state index in [-0.39, 0.29) is 17.4 Å². The number of nitrogens with zero attached hydrogens (tertiary/aromatic N) is 1. The van der Waals surface area contributed by atoms with Gasteiger partial charge in [0.25, 0.3) is 0 Å². The lowest BCUT2D eigenvalue weighted by Gasteiger charge is -2.37. The largest absolute Gasteiger partial charge is 0.411 e. The van der Waals surface area contributed by atoms with Gasteiger partial charge in [-0.05, 0) is 42.9 Å². The van der Waals surface area contributed by atoms with Crippen molar-refractivity contribution in [2.24, 2.45) is 21.4 Å². The highest BCUT2D eigenvalue weighted by Crippen LogP contribution is 2.69. The third kappa shape index (κ3) is 1.73. The molecule has 2 saturated carbocycles. The van der Waals surface area contributed by atoms with E-state index >= 15 is 0 Å². The van der Waals surface area contributed by atoms with Crippen LogP contribution in [0, 0.1) is 23.2 Å². The second-order valence-corrected chi connectivity index (χ2v) is 7.91. The summed E-state index contributed by atoms with van der Waals surface area (Å²) in [5, 5.41) is 16.0. The van der Waals surface area contributed by atoms with Crippen LogP contribution < -0.4 is 5.32 Å². The monoisotopic (exact) mass is 348 g/mol. The van der Waals surface area contributed by atoms with Crippen LogP contribution in [0.25, 0.3) is 0 Å². The number of anilines is 1. The Labute approximate surface area is 146 Å². The number of oxime groups is 1. The molecule has 0 spiro atoms. The third-order valence-corrected chi connectivity index (χ3v) is 6.98. The second-order valence-electron chi connectivity index (χ2n) is 7.51. The Morgan fingerprint density at radius 2 is 1.96 bits per heavy atom. The molecule has 24 heavy (non-hydrogen) atoms. The molecule has 0 saturated heterocycles. The van der Waals surface area contributed by atoms with Crippen LogP contribution in [0.15, 0.2) is 23.4 Å². The predicted octanol–water partition coefficient (Wildman–Crippen LogP) is 3.81. The first kappa shape index (κ1) is 17.0. The van der Waals surface area contributed by atoms with Gasteiger partial charge in [0.15, 0.2) is 5.78 Å². The number of hydrogen-bond acceptors (Lipinski definition) is 4. The zero-order chi connectivity index (χ0) is 17.9. The first-order valence-electron chi connectivity index (χ1n) is 7.97. The van der Waals surface area contributed by atoms with Crippen molar-refractivity contribution in [2.75, 3.05) is 5.32 Å². The molecule has 2 unspecified atom stereocenters. The normalized spacial score (nSPS) is 32.4. The number of amides is 1. The maximum atomic E-state index is 13.2. The topological polar surface area (TPSA) is 78.8 Å². The molecule has 1 aromatic carbocycles. The van der Waals surface area contributed by atoms with Crippen LogP contribution in [0.5, 0.6) is 0 Å². The molecular weight excluding hydrogens is 328 g/mol. The van der Waals surface area contributed by atoms with Crippen molar-refractivity contribution >= 4 is 34.7 Å². The van der Waals surface area contributed by atoms with Gasteiger partial charge in [-0.1, -0.05) is 43.6 Å². The third-order valence-electron chi connectivity index (χ3n) is 6.58. The average Bonchev–Trinajstić information content (AvgIpc) is 2.80. The molecule has 0 aromatic heterocycles. The first-order chi connectivity index (χ1) is 11.1. The number of carbonyl (C=O) groups excluding carboxylic acids is 2. The molecule has 0 aliphatic heterocycles. The van der Waals surface area contributed by atoms with E-state index in [0.717, 1.165) is 5.56 Å². The maximum Gasteiger partial charge on any atom is 0.239 e. The van der Waals surface area contributed by atoms with E-state index in [4.69, 9.17) is 11.6 Å². The van der Waals surface area contributed by atoms with Crippen molar-refractivity contribution in [1.82, 2.24) is 0 Å². The van der Waals surface area contributed by atoms with Crippen LogP contribution in [-0.2, 0) is 9.59 Å². The van der Waals surface area contributed by atoms with Crippen LogP contribution in [0.2, 0.25) is 5.02 Å². The van der Waals surface area contributed by atoms with E-state index < -0.39 is 16.2 Å². The number of benzene rings is 1. The molecule has 0 heterocycles. The fourth-order valence-corrected chi connectivity index (χ4v) is 4.60. The van der Waals surface area contributed by atoms with Crippen LogP contribution in [0.1, 0.15) is 39.2 Å². The van der Waals surface area contributed by atoms with E-state index in [2.05, 4.69) is 10.5 Å². The smallest absolute Gasteiger partial charge is 0.239 e. The van der Waals surface area contributed by atoms with Crippen LogP contribution in [0.4, 0.5) is 5.69 Å². The van der Waals surface area contributed by atoms with Gasteiger partial charge < -0.3 is 10.5 Å². The predicted molar refractivity (Wildman–Crippen MR) is 92.6 cm³/mol. The highest BCUT2D eigenvalue weighted by atomic mass is 35.5. The van der Waals surface area contributed by atoms with E-state index in [9.17, 15) is 14.8 Å². The van der Waals surface area contributed by atoms with Gasteiger partial charge in [0.2, 0.25) is 5.91 Å². The Hall–Kier alpha value is -1.88. The summed E-state index contributed by atoms with van der Waals surface area (Å²) in [7, 11) is 0. The maximum absolute atomic E-state index is 13.2. The highest BCUT2D eigenvalue weighted by molar-refractivity contribution is 6.51. The zero-order valence-corrected chi connectivity index (χ0v) is 15.0. The van der Waals surface area contributed by atoms with Crippen molar-refractivity contribution in [3.63, 3.8) is 0 Å². The molecule has 1 amide bonds. The Morgan fingerprint density at radius 1 is 1.29 bits per heavy atom. The van der Waals surface area contributed by atoms with E-state index in [1.54, 1.807) is 18.2 Å². The number of ketones is 1. The minimum atomic E-state index is -1.22. The second kappa shape index (κ2) is 5.06. The average molecular weight is 349 g/mol. The minimum Gasteiger partial charge on any atom is -0.411 e. The molecule has 0 radical (unpaired) electrons. The van der Waals surface area contributed by atoms with Crippen LogP contribution >= 0.6 is 11.6 Å². The fourth-order valence-electron chi connectivity index (χ4n) is 4.43. The highest BCUT2D eigenvalue weighted by Gasteiger charge is 2.76. The number of carbonyl (C=O) groups is 2. The Bertz CT molecular complexity index is 786. The van der Waals surface area contributed by atoms with Gasteiger partial charge in [-0.25, -0.2) is 0 Å². The van der Waals surface area contributed by atoms with E-state index in [1.807, 2.05) is 27.7 Å². The molecular formula is C18H21ClN2O3. The molecule has 6 heteroatoms. The molecule has 128 valence electrons. The summed E-state index contributed by atoms with van der Waals surface area (Å²) in [6, 6.07) is 5.26. The quantitative estimate of drug-likeness (QED) is 0.484. The summed E-state index contributed by atoms with van der Waals surface area (Å²) in [4.78, 5) is 26.1. The number of nitrogens with one attached hydrogen (secondary N) is 1. The van der Waals surface area contributed by atoms with Crippen molar-refractivity contribution in [3.05, 3.63) is 28.8 Å². The van der Waals surface area contributed by atoms with E-state index in [0.29, 0.717) is 23.6 Å². The molecule has 3 rings (SSSR count). The number of hydrogen-bond donors (Lipinski definition) is 2. The van der Waals surface area contributed by atoms with E-state index in [1.165, 1.54) is 0 Å². The Balaban J connectivity index is 2.06. The van der Waals surface area contributed by atoms with Gasteiger partial charge >= 0.3 is 0 Å². The number of rotatable bonds is 2. The fraction of sp³-hybridized carbons (Fsp3) is 0.500. The number of fused-ring (bicyclic) bond motifs is 2. The molecule has 2 atom stereocenters. The molecule has 2 fully saturated rings. The summed E-state index contributed by atoms with van der Waals surface area (Å²) in [6.45, 7) is 7.52. The van der Waals surface area contributed by atoms with Gasteiger partial charge in [0, 0.05) is 16.1 Å². The molecule has 2 bridgehead atoms. The Morgan fingerprint density at radius 3 is 2.54 bits per heavy atom. The summed E-state index contributed by atoms with van der Waals surface area (Å²) < 4.78 is 0. The molecule has 2 aliphatic rings.